The van der Waals surface area contributed by atoms with Crippen molar-refractivity contribution in [2.24, 2.45) is 0 Å². The summed E-state index contributed by atoms with van der Waals surface area (Å²) in [4.78, 5) is 35.9. The molecule has 0 spiro atoms. The number of hydrogen-bond acceptors (Lipinski definition) is 3. The third-order valence-corrected chi connectivity index (χ3v) is 2.98. The topological polar surface area (TPSA) is 71.9 Å². The lowest BCUT2D eigenvalue weighted by Gasteiger charge is -2.04. The molecule has 0 unspecified atom stereocenters. The average molecular weight is 327 g/mol. The maximum Gasteiger partial charge on any atom is 0.328 e. The predicted molar refractivity (Wildman–Crippen MR) is 69.8 cm³/mol. The van der Waals surface area contributed by atoms with Crippen molar-refractivity contribution in [1.82, 2.24) is 9.55 Å². The molecule has 5 nitrogen and oxygen atoms in total. The third-order valence-electron chi connectivity index (χ3n) is 2.45. The molecule has 0 aliphatic carbocycles. The molecule has 1 heterocycles. The number of aromatic amines is 1. The highest BCUT2D eigenvalue weighted by Crippen LogP contribution is 2.11. The summed E-state index contributed by atoms with van der Waals surface area (Å²) in [6.07, 6.45) is 0.720. The molecule has 2 rings (SSSR count). The monoisotopic (exact) mass is 326 g/mol. The van der Waals surface area contributed by atoms with Gasteiger partial charge in [-0.25, -0.2) is 4.79 Å². The van der Waals surface area contributed by atoms with Crippen LogP contribution < -0.4 is 11.2 Å². The van der Waals surface area contributed by atoms with Crippen LogP contribution in [0.25, 0.3) is 0 Å². The molecule has 1 aromatic heterocycles. The van der Waals surface area contributed by atoms with E-state index in [-0.39, 0.29) is 12.3 Å². The van der Waals surface area contributed by atoms with Crippen LogP contribution in [0.15, 0.2) is 44.5 Å². The van der Waals surface area contributed by atoms with Gasteiger partial charge in [-0.15, -0.1) is 0 Å². The quantitative estimate of drug-likeness (QED) is 0.865. The van der Waals surface area contributed by atoms with Gasteiger partial charge in [0.15, 0.2) is 5.78 Å². The zero-order valence-corrected chi connectivity index (χ0v) is 11.1. The van der Waals surface area contributed by atoms with Crippen LogP contribution in [0.4, 0.5) is 4.39 Å². The summed E-state index contributed by atoms with van der Waals surface area (Å²) in [6.45, 7) is -0.339. The number of carbonyl (C=O) groups is 1. The zero-order chi connectivity index (χ0) is 14.0. The van der Waals surface area contributed by atoms with Crippen LogP contribution in [0.1, 0.15) is 10.4 Å². The molecular formula is C12H8BrFN2O3. The van der Waals surface area contributed by atoms with Crippen molar-refractivity contribution in [2.45, 2.75) is 6.54 Å². The molecule has 0 aliphatic rings. The van der Waals surface area contributed by atoms with E-state index in [1.54, 1.807) is 29.2 Å². The first-order valence-electron chi connectivity index (χ1n) is 5.25. The van der Waals surface area contributed by atoms with Gasteiger partial charge in [0.05, 0.1) is 12.7 Å². The standard InChI is InChI=1S/C12H8BrFN2O3/c13-8-3-1-7(2-4-8)10(17)6-16-5-9(14)11(18)15-12(16)19/h1-5H,6H2,(H,15,18,19). The molecule has 2 aromatic rings. The fourth-order valence-electron chi connectivity index (χ4n) is 1.48. The molecule has 0 aliphatic heterocycles. The molecule has 7 heteroatoms. The number of carbonyl (C=O) groups excluding carboxylic acids is 1. The third kappa shape index (κ3) is 3.05. The van der Waals surface area contributed by atoms with Gasteiger partial charge in [0, 0.05) is 10.0 Å². The fourth-order valence-corrected chi connectivity index (χ4v) is 1.75. The summed E-state index contributed by atoms with van der Waals surface area (Å²) in [6, 6.07) is 6.53. The van der Waals surface area contributed by atoms with Crippen molar-refractivity contribution < 1.29 is 9.18 Å². The number of aromatic nitrogens is 2. The lowest BCUT2D eigenvalue weighted by Crippen LogP contribution is -2.33. The van der Waals surface area contributed by atoms with E-state index in [1.165, 1.54) is 0 Å². The van der Waals surface area contributed by atoms with Crippen molar-refractivity contribution in [3.05, 3.63) is 67.2 Å². The fraction of sp³-hybridized carbons (Fsp3) is 0.0833. The van der Waals surface area contributed by atoms with Crippen LogP contribution in [0.5, 0.6) is 0 Å². The first kappa shape index (κ1) is 13.4. The second-order valence-electron chi connectivity index (χ2n) is 3.79. The van der Waals surface area contributed by atoms with Gasteiger partial charge in [0.2, 0.25) is 5.82 Å². The SMILES string of the molecule is O=C(Cn1cc(F)c(=O)[nH]c1=O)c1ccc(Br)cc1. The van der Waals surface area contributed by atoms with Gasteiger partial charge < -0.3 is 0 Å². The van der Waals surface area contributed by atoms with Gasteiger partial charge in [0.25, 0.3) is 5.56 Å². The van der Waals surface area contributed by atoms with Crippen LogP contribution in [0.3, 0.4) is 0 Å². The first-order valence-corrected chi connectivity index (χ1v) is 6.04. The van der Waals surface area contributed by atoms with Crippen molar-refractivity contribution >= 4 is 21.7 Å². The van der Waals surface area contributed by atoms with Gasteiger partial charge in [-0.2, -0.15) is 4.39 Å². The molecule has 0 bridgehead atoms. The molecule has 1 N–H and O–H groups in total. The van der Waals surface area contributed by atoms with E-state index in [2.05, 4.69) is 15.9 Å². The van der Waals surface area contributed by atoms with Crippen LogP contribution >= 0.6 is 15.9 Å². The maximum absolute atomic E-state index is 13.0. The van der Waals surface area contributed by atoms with Gasteiger partial charge >= 0.3 is 5.69 Å². The number of Topliss-reactive ketones (excluding diaryl/α,β-unsaturated/α-hetero) is 1. The molecule has 19 heavy (non-hydrogen) atoms. The molecule has 1 aromatic carbocycles. The minimum absolute atomic E-state index is 0.339. The minimum Gasteiger partial charge on any atom is -0.292 e. The van der Waals surface area contributed by atoms with Gasteiger partial charge in [-0.1, -0.05) is 28.1 Å². The Hall–Kier alpha value is -2.02. The van der Waals surface area contributed by atoms with Gasteiger partial charge in [-0.05, 0) is 12.1 Å². The Labute approximate surface area is 114 Å². The highest BCUT2D eigenvalue weighted by atomic mass is 79.9. The van der Waals surface area contributed by atoms with Gasteiger partial charge in [-0.3, -0.25) is 19.1 Å². The second kappa shape index (κ2) is 5.31. The molecule has 98 valence electrons. The van der Waals surface area contributed by atoms with Crippen molar-refractivity contribution in [3.8, 4) is 0 Å². The highest BCUT2D eigenvalue weighted by molar-refractivity contribution is 9.10. The molecule has 0 radical (unpaired) electrons. The van der Waals surface area contributed by atoms with Crippen LogP contribution in [0, 0.1) is 5.82 Å². The summed E-state index contributed by atoms with van der Waals surface area (Å²) >= 11 is 3.23. The van der Waals surface area contributed by atoms with E-state index in [0.29, 0.717) is 5.56 Å². The largest absolute Gasteiger partial charge is 0.328 e. The Morgan fingerprint density at radius 3 is 2.53 bits per heavy atom. The number of H-pyrrole nitrogens is 1. The first-order chi connectivity index (χ1) is 8.97. The normalized spacial score (nSPS) is 10.4. The van der Waals surface area contributed by atoms with E-state index < -0.39 is 17.1 Å². The summed E-state index contributed by atoms with van der Waals surface area (Å²) in [7, 11) is 0. The average Bonchev–Trinajstić information content (AvgIpc) is 2.36. The van der Waals surface area contributed by atoms with Gasteiger partial charge in [0.1, 0.15) is 0 Å². The lowest BCUT2D eigenvalue weighted by molar-refractivity contribution is 0.0970. The Morgan fingerprint density at radius 1 is 1.26 bits per heavy atom. The number of nitrogens with zero attached hydrogens (tertiary/aromatic N) is 1. The number of nitrogens with one attached hydrogen (secondary N) is 1. The van der Waals surface area contributed by atoms with E-state index >= 15 is 0 Å². The highest BCUT2D eigenvalue weighted by Gasteiger charge is 2.10. The van der Waals surface area contributed by atoms with E-state index in [1.807, 2.05) is 0 Å². The predicted octanol–water partition coefficient (Wildman–Crippen LogP) is 1.32. The number of halogens is 2. The number of benzene rings is 1. The zero-order valence-electron chi connectivity index (χ0n) is 9.52. The smallest absolute Gasteiger partial charge is 0.292 e. The molecule has 0 saturated carbocycles. The van der Waals surface area contributed by atoms with Crippen molar-refractivity contribution in [1.29, 1.82) is 0 Å². The van der Waals surface area contributed by atoms with Crippen molar-refractivity contribution in [3.63, 3.8) is 0 Å². The van der Waals surface area contributed by atoms with E-state index in [4.69, 9.17) is 0 Å². The number of rotatable bonds is 3. The van der Waals surface area contributed by atoms with Crippen LogP contribution in [-0.4, -0.2) is 15.3 Å². The number of ketones is 1. The Balaban J connectivity index is 2.29. The Bertz CT molecular complexity index is 734. The summed E-state index contributed by atoms with van der Waals surface area (Å²) in [5, 5.41) is 0. The minimum atomic E-state index is -1.11. The summed E-state index contributed by atoms with van der Waals surface area (Å²) in [5.41, 5.74) is -1.53. The van der Waals surface area contributed by atoms with E-state index in [0.717, 1.165) is 15.2 Å². The van der Waals surface area contributed by atoms with Crippen LogP contribution in [0.2, 0.25) is 0 Å². The number of hydrogen-bond donors (Lipinski definition) is 1. The molecule has 0 atom stereocenters. The molecule has 0 saturated heterocycles. The van der Waals surface area contributed by atoms with Crippen LogP contribution in [-0.2, 0) is 6.54 Å². The molecule has 0 amide bonds. The summed E-state index contributed by atoms with van der Waals surface area (Å²) in [5.74, 6) is -1.47. The van der Waals surface area contributed by atoms with Crippen molar-refractivity contribution in [2.75, 3.05) is 0 Å². The van der Waals surface area contributed by atoms with E-state index in [9.17, 15) is 18.8 Å². The summed E-state index contributed by atoms with van der Waals surface area (Å²) < 4.78 is 14.7. The lowest BCUT2D eigenvalue weighted by atomic mass is 10.1. The molecular weight excluding hydrogens is 319 g/mol. The maximum atomic E-state index is 13.0. The molecule has 0 fully saturated rings. The Kier molecular flexibility index (Phi) is 3.75. The Morgan fingerprint density at radius 2 is 1.89 bits per heavy atom. The second-order valence-corrected chi connectivity index (χ2v) is 4.71.